The van der Waals surface area contributed by atoms with Gasteiger partial charge >= 0.3 is 17.9 Å². The average molecular weight is 1450 g/mol. The number of aromatic hydroxyl groups is 1. The Hall–Kier alpha value is -12.1. The third-order valence-corrected chi connectivity index (χ3v) is 17.0. The first-order valence-corrected chi connectivity index (χ1v) is 32.1. The smallest absolute Gasteiger partial charge is 0.341 e. The molecule has 0 fully saturated rings. The number of benzene rings is 10. The summed E-state index contributed by atoms with van der Waals surface area (Å²) in [6.45, 7) is 0.518. The number of ether oxygens (including phenoxy) is 5. The van der Waals surface area contributed by atoms with Crippen LogP contribution in [0.15, 0.2) is 241 Å². The highest BCUT2D eigenvalue weighted by molar-refractivity contribution is 9.10. The molecule has 19 heteroatoms. The van der Waals surface area contributed by atoms with Gasteiger partial charge in [-0.2, -0.15) is 0 Å². The van der Waals surface area contributed by atoms with Gasteiger partial charge in [0.2, 0.25) is 0 Å². The van der Waals surface area contributed by atoms with Crippen molar-refractivity contribution in [2.45, 2.75) is 47.3 Å². The van der Waals surface area contributed by atoms with E-state index in [9.17, 15) is 42.3 Å². The molecule has 14 nitrogen and oxygen atoms in total. The highest BCUT2D eigenvalue weighted by Crippen LogP contribution is 2.42. The van der Waals surface area contributed by atoms with Crippen molar-refractivity contribution in [1.29, 1.82) is 0 Å². The van der Waals surface area contributed by atoms with Crippen LogP contribution in [0.2, 0.25) is 0 Å². The minimum Gasteiger partial charge on any atom is -0.505 e. The molecule has 10 aromatic carbocycles. The second-order valence-electron chi connectivity index (χ2n) is 22.9. The summed E-state index contributed by atoms with van der Waals surface area (Å²) in [5.41, 5.74) is 12.5. The van der Waals surface area contributed by atoms with Crippen LogP contribution in [0.1, 0.15) is 111 Å². The minimum atomic E-state index is -0.707. The molecule has 1 N–H and O–H groups in total. The first kappa shape index (κ1) is 76.7. The van der Waals surface area contributed by atoms with E-state index in [0.29, 0.717) is 97.2 Å². The van der Waals surface area contributed by atoms with Crippen LogP contribution >= 0.6 is 15.9 Å². The number of pyridine rings is 3. The van der Waals surface area contributed by atoms with Crippen molar-refractivity contribution in [3.05, 3.63) is 331 Å². The van der Waals surface area contributed by atoms with Crippen molar-refractivity contribution in [3.8, 4) is 39.5 Å². The molecule has 0 aliphatic carbocycles. The standard InChI is InChI=1S/C32H24FNO4.C25H19BrFNO3.C25H18FNO4.2CH4.BH4/c1-37-32(36)29-17-27(26-10-6-5-9-24(26)19-35)28-16-23(15-21-11-13-25(33)14-12-21)18-34-30(28)31(29)38-20-22-7-3-2-4-8-22;1-30-25(29)21-13-22(26)20-12-18(11-16-7-9-19(27)10-8-16)14-28-23(20)24(21)31-15-17-5-3-2-4-6-17;1-31-25(30)22-12-20(19-5-3-2-4-17(19)14-28)21-11-16(13-27-23(21)24(22)29)10-15-6-8-18(26)9-7-15;;;/h2-14,16-19H,15,20H2,1H3;2-10,12-14H,11,15H2,1H3;2-9,11-14,29H,10H2,1H3;3*1H4/q;;;;;-1. The Bertz CT molecular complexity index is 5170. The van der Waals surface area contributed by atoms with E-state index in [-0.39, 0.29) is 69.7 Å². The SMILES string of the molecule is C.C.COC(=O)c1cc(-c2ccccc2C=O)c2cc(Cc3ccc(F)cc3)cnc2c1O.COC(=O)c1cc(-c2ccccc2C=O)c2cc(Cc3ccc(F)cc3)cnc2c1OCc1ccccc1.COC(=O)c1cc(Br)c2cc(Cc3ccc(F)cc3)cnc2c1OCc1ccccc1.[BH4-]. The van der Waals surface area contributed by atoms with Crippen LogP contribution < -0.4 is 9.47 Å². The van der Waals surface area contributed by atoms with Crippen LogP contribution in [0.25, 0.3) is 55.0 Å². The second kappa shape index (κ2) is 35.8. The fourth-order valence-corrected chi connectivity index (χ4v) is 11.9. The lowest BCUT2D eigenvalue weighted by atomic mass is 9.92. The van der Waals surface area contributed by atoms with E-state index in [1.54, 1.807) is 104 Å². The number of hydrogen-bond acceptors (Lipinski definition) is 14. The van der Waals surface area contributed by atoms with Gasteiger partial charge in [-0.25, -0.2) is 27.6 Å². The molecular formula is C84H73BBrF3N3O11-. The van der Waals surface area contributed by atoms with Gasteiger partial charge in [0, 0.05) is 50.3 Å². The topological polar surface area (TPSA) is 190 Å². The molecule has 522 valence electrons. The predicted octanol–water partition coefficient (Wildman–Crippen LogP) is 17.7. The Morgan fingerprint density at radius 1 is 0.398 bits per heavy atom. The Kier molecular flexibility index (Phi) is 26.6. The first-order valence-electron chi connectivity index (χ1n) is 31.3. The molecule has 3 aromatic heterocycles. The Morgan fingerprint density at radius 2 is 0.728 bits per heavy atom. The van der Waals surface area contributed by atoms with Crippen molar-refractivity contribution < 1.29 is 65.9 Å². The molecule has 13 aromatic rings. The van der Waals surface area contributed by atoms with Gasteiger partial charge in [0.15, 0.2) is 29.8 Å². The molecule has 103 heavy (non-hydrogen) atoms. The normalized spacial score (nSPS) is 10.5. The van der Waals surface area contributed by atoms with E-state index in [0.717, 1.165) is 67.9 Å². The van der Waals surface area contributed by atoms with Gasteiger partial charge in [-0.3, -0.25) is 24.5 Å². The summed E-state index contributed by atoms with van der Waals surface area (Å²) < 4.78 is 67.6. The fourth-order valence-electron chi connectivity index (χ4n) is 11.4. The number of halogens is 4. The molecule has 13 rings (SSSR count). The van der Waals surface area contributed by atoms with Gasteiger partial charge in [-0.05, 0) is 159 Å². The second-order valence-corrected chi connectivity index (χ2v) is 23.8. The number of phenolic OH excluding ortho intramolecular Hbond substituents is 1. The number of nitrogens with zero attached hydrogens (tertiary/aromatic N) is 3. The summed E-state index contributed by atoms with van der Waals surface area (Å²) >= 11 is 3.55. The first-order chi connectivity index (χ1) is 48.6. The number of aldehydes is 2. The van der Waals surface area contributed by atoms with Gasteiger partial charge in [0.1, 0.15) is 63.9 Å². The molecule has 0 atom stereocenters. The monoisotopic (exact) mass is 1450 g/mol. The number of rotatable bonds is 19. The molecule has 0 spiro atoms. The average Bonchev–Trinajstić information content (AvgIpc) is 0.769. The summed E-state index contributed by atoms with van der Waals surface area (Å²) in [7, 11) is 3.87. The molecule has 0 radical (unpaired) electrons. The van der Waals surface area contributed by atoms with Crippen LogP contribution in [0.3, 0.4) is 0 Å². The lowest BCUT2D eigenvalue weighted by Crippen LogP contribution is -2.08. The Morgan fingerprint density at radius 3 is 1.13 bits per heavy atom. The Balaban J connectivity index is 0.000000194. The van der Waals surface area contributed by atoms with Gasteiger partial charge < -0.3 is 28.8 Å². The summed E-state index contributed by atoms with van der Waals surface area (Å²) in [5.74, 6) is -2.26. The molecule has 0 bridgehead atoms. The molecule has 0 aliphatic rings. The molecule has 0 unspecified atom stereocenters. The largest absolute Gasteiger partial charge is 0.505 e. The summed E-state index contributed by atoms with van der Waals surface area (Å²) in [6.07, 6.45) is 8.22. The third-order valence-electron chi connectivity index (χ3n) is 16.3. The number of hydrogen-bond donors (Lipinski definition) is 1. The van der Waals surface area contributed by atoms with E-state index in [1.165, 1.54) is 63.8 Å². The number of methoxy groups -OCH3 is 3. The van der Waals surface area contributed by atoms with Crippen LogP contribution in [0, 0.1) is 17.5 Å². The Labute approximate surface area is 604 Å². The highest BCUT2D eigenvalue weighted by Gasteiger charge is 2.26. The molecular weight excluding hydrogens is 1370 g/mol. The zero-order valence-corrected chi connectivity index (χ0v) is 55.7. The predicted molar refractivity (Wildman–Crippen MR) is 404 cm³/mol. The molecule has 0 saturated carbocycles. The lowest BCUT2D eigenvalue weighted by molar-refractivity contribution is 0.0586. The van der Waals surface area contributed by atoms with Gasteiger partial charge in [0.25, 0.3) is 0 Å². The maximum Gasteiger partial charge on any atom is 0.341 e. The number of carbonyl (C=O) groups excluding carboxylic acids is 5. The molecule has 0 saturated heterocycles. The van der Waals surface area contributed by atoms with Crippen LogP contribution in [-0.4, -0.2) is 80.3 Å². The summed E-state index contributed by atoms with van der Waals surface area (Å²) in [4.78, 5) is 74.8. The fraction of sp³-hybridized carbons (Fsp3) is 0.119. The number of carbonyl (C=O) groups is 5. The number of aromatic nitrogens is 3. The van der Waals surface area contributed by atoms with Crippen LogP contribution in [-0.2, 0) is 46.7 Å². The minimum absolute atomic E-state index is 0. The lowest BCUT2D eigenvalue weighted by Gasteiger charge is -2.17. The molecule has 3 heterocycles. The van der Waals surface area contributed by atoms with Gasteiger partial charge in [-0.1, -0.05) is 185 Å². The molecule has 0 aliphatic heterocycles. The van der Waals surface area contributed by atoms with Gasteiger partial charge in [-0.15, -0.1) is 0 Å². The van der Waals surface area contributed by atoms with Crippen molar-refractivity contribution in [2.24, 2.45) is 0 Å². The van der Waals surface area contributed by atoms with Crippen molar-refractivity contribution >= 4 is 87.5 Å². The van der Waals surface area contributed by atoms with E-state index in [4.69, 9.17) is 28.7 Å². The van der Waals surface area contributed by atoms with E-state index in [1.807, 2.05) is 91.0 Å². The quantitative estimate of drug-likeness (QED) is 0.0348. The van der Waals surface area contributed by atoms with Crippen molar-refractivity contribution in [2.75, 3.05) is 21.3 Å². The number of fused-ring (bicyclic) bond motifs is 3. The van der Waals surface area contributed by atoms with Crippen molar-refractivity contribution in [1.82, 2.24) is 15.0 Å². The van der Waals surface area contributed by atoms with E-state index >= 15 is 0 Å². The van der Waals surface area contributed by atoms with E-state index in [2.05, 4.69) is 25.9 Å². The van der Waals surface area contributed by atoms with Crippen LogP contribution in [0.5, 0.6) is 17.2 Å². The maximum atomic E-state index is 13.4. The zero-order chi connectivity index (χ0) is 70.2. The number of esters is 3. The summed E-state index contributed by atoms with van der Waals surface area (Å²) in [5, 5.41) is 12.8. The van der Waals surface area contributed by atoms with Crippen molar-refractivity contribution in [3.63, 3.8) is 0 Å². The van der Waals surface area contributed by atoms with Gasteiger partial charge in [0.05, 0.1) is 21.3 Å². The summed E-state index contributed by atoms with van der Waals surface area (Å²) in [6, 6.07) is 63.0. The third kappa shape index (κ3) is 18.3. The van der Waals surface area contributed by atoms with E-state index < -0.39 is 17.9 Å². The zero-order valence-electron chi connectivity index (χ0n) is 54.1. The molecule has 0 amide bonds. The number of phenols is 1. The highest BCUT2D eigenvalue weighted by atomic mass is 79.9. The maximum absolute atomic E-state index is 13.4. The van der Waals surface area contributed by atoms with Crippen LogP contribution in [0.4, 0.5) is 13.2 Å².